The molecule has 126 valence electrons. The van der Waals surface area contributed by atoms with Crippen LogP contribution in [0.4, 0.5) is 0 Å². The number of benzene rings is 1. The highest BCUT2D eigenvalue weighted by Gasteiger charge is 2.31. The maximum absolute atomic E-state index is 12.8. The average Bonchev–Trinajstić information content (AvgIpc) is 3.03. The second-order valence-electron chi connectivity index (χ2n) is 6.20. The van der Waals surface area contributed by atoms with Gasteiger partial charge in [-0.2, -0.15) is 0 Å². The normalized spacial score (nSPS) is 17.5. The van der Waals surface area contributed by atoms with Crippen LogP contribution in [0.15, 0.2) is 47.9 Å². The molecule has 0 aliphatic carbocycles. The highest BCUT2D eigenvalue weighted by Crippen LogP contribution is 2.38. The molecule has 0 spiro atoms. The molecule has 0 bridgehead atoms. The minimum Gasteiger partial charge on any atom is -0.328 e. The molecule has 24 heavy (non-hydrogen) atoms. The van der Waals surface area contributed by atoms with Gasteiger partial charge in [0.05, 0.1) is 6.04 Å². The zero-order valence-electron chi connectivity index (χ0n) is 13.9. The molecule has 1 atom stereocenters. The third-order valence-corrected chi connectivity index (χ3v) is 5.41. The zero-order chi connectivity index (χ0) is 17.1. The lowest BCUT2D eigenvalue weighted by Gasteiger charge is -2.35. The van der Waals surface area contributed by atoms with Crippen LogP contribution >= 0.6 is 22.9 Å². The first kappa shape index (κ1) is 17.2. The lowest BCUT2D eigenvalue weighted by atomic mass is 9.93. The largest absolute Gasteiger partial charge is 0.328 e. The second kappa shape index (κ2) is 7.51. The standard InChI is InChI=1S/C19H21ClN2OS/c1-21(2)11-3-4-18(23)22-12-9-17-16(10-13-24-17)19(22)14-5-7-15(20)8-6-14/h3-8,10,13,19H,9,11-12H2,1-2H3/b4-3+. The fraction of sp³-hybridized carbons (Fsp3) is 0.316. The van der Waals surface area contributed by atoms with Gasteiger partial charge in [-0.1, -0.05) is 29.8 Å². The van der Waals surface area contributed by atoms with Crippen molar-refractivity contribution in [2.24, 2.45) is 0 Å². The summed E-state index contributed by atoms with van der Waals surface area (Å²) in [5, 5.41) is 2.83. The lowest BCUT2D eigenvalue weighted by Crippen LogP contribution is -2.39. The van der Waals surface area contributed by atoms with Crippen LogP contribution in [0.1, 0.15) is 22.0 Å². The van der Waals surface area contributed by atoms with E-state index in [0.29, 0.717) is 5.02 Å². The number of rotatable bonds is 4. The zero-order valence-corrected chi connectivity index (χ0v) is 15.5. The lowest BCUT2D eigenvalue weighted by molar-refractivity contribution is -0.128. The number of carbonyl (C=O) groups excluding carboxylic acids is 1. The molecule has 0 N–H and O–H groups in total. The summed E-state index contributed by atoms with van der Waals surface area (Å²) in [5.41, 5.74) is 2.34. The molecule has 1 amide bonds. The molecule has 2 aromatic rings. The van der Waals surface area contributed by atoms with Crippen LogP contribution in [0, 0.1) is 0 Å². The number of hydrogen-bond donors (Lipinski definition) is 0. The molecule has 2 heterocycles. The van der Waals surface area contributed by atoms with E-state index in [-0.39, 0.29) is 11.9 Å². The summed E-state index contributed by atoms with van der Waals surface area (Å²) in [7, 11) is 3.98. The van der Waals surface area contributed by atoms with Crippen molar-refractivity contribution in [3.05, 3.63) is 68.9 Å². The molecular formula is C19H21ClN2OS. The smallest absolute Gasteiger partial charge is 0.247 e. The minimum atomic E-state index is -0.0335. The van der Waals surface area contributed by atoms with E-state index in [1.54, 1.807) is 17.4 Å². The van der Waals surface area contributed by atoms with Crippen LogP contribution in [0.3, 0.4) is 0 Å². The molecule has 1 aromatic carbocycles. The monoisotopic (exact) mass is 360 g/mol. The molecule has 0 radical (unpaired) electrons. The van der Waals surface area contributed by atoms with Crippen molar-refractivity contribution in [2.75, 3.05) is 27.2 Å². The number of likely N-dealkylation sites (N-methyl/N-ethyl adjacent to an activating group) is 1. The molecule has 1 aromatic heterocycles. The van der Waals surface area contributed by atoms with Crippen molar-refractivity contribution in [3.63, 3.8) is 0 Å². The van der Waals surface area contributed by atoms with Crippen molar-refractivity contribution in [2.45, 2.75) is 12.5 Å². The molecule has 5 heteroatoms. The van der Waals surface area contributed by atoms with E-state index in [1.165, 1.54) is 10.4 Å². The van der Waals surface area contributed by atoms with E-state index in [4.69, 9.17) is 11.6 Å². The number of halogens is 1. The fourth-order valence-corrected chi connectivity index (χ4v) is 4.05. The van der Waals surface area contributed by atoms with Crippen LogP contribution in [0.5, 0.6) is 0 Å². The number of nitrogens with zero attached hydrogens (tertiary/aromatic N) is 2. The number of fused-ring (bicyclic) bond motifs is 1. The molecule has 1 unspecified atom stereocenters. The summed E-state index contributed by atoms with van der Waals surface area (Å²) in [5.74, 6) is 0.0636. The van der Waals surface area contributed by atoms with E-state index in [1.807, 2.05) is 54.2 Å². The Morgan fingerprint density at radius 1 is 1.33 bits per heavy atom. The van der Waals surface area contributed by atoms with Gasteiger partial charge in [-0.25, -0.2) is 0 Å². The summed E-state index contributed by atoms with van der Waals surface area (Å²) in [6.45, 7) is 1.50. The van der Waals surface area contributed by atoms with Gasteiger partial charge in [-0.05, 0) is 55.2 Å². The molecule has 3 rings (SSSR count). The van der Waals surface area contributed by atoms with Gasteiger partial charge >= 0.3 is 0 Å². The van der Waals surface area contributed by atoms with Gasteiger partial charge in [0.25, 0.3) is 0 Å². The molecule has 0 fully saturated rings. The summed E-state index contributed by atoms with van der Waals surface area (Å²) in [6, 6.07) is 9.92. The van der Waals surface area contributed by atoms with E-state index in [9.17, 15) is 4.79 Å². The van der Waals surface area contributed by atoms with Gasteiger partial charge < -0.3 is 9.80 Å². The van der Waals surface area contributed by atoms with Crippen molar-refractivity contribution >= 4 is 28.8 Å². The number of amides is 1. The van der Waals surface area contributed by atoms with Crippen LogP contribution in [-0.4, -0.2) is 42.9 Å². The van der Waals surface area contributed by atoms with Gasteiger partial charge in [-0.3, -0.25) is 4.79 Å². The summed E-state index contributed by atoms with van der Waals surface area (Å²) >= 11 is 7.81. The summed E-state index contributed by atoms with van der Waals surface area (Å²) in [4.78, 5) is 18.1. The fourth-order valence-electron chi connectivity index (χ4n) is 3.02. The minimum absolute atomic E-state index is 0.0335. The Morgan fingerprint density at radius 2 is 2.08 bits per heavy atom. The van der Waals surface area contributed by atoms with Gasteiger partial charge in [0.1, 0.15) is 0 Å². The van der Waals surface area contributed by atoms with Gasteiger partial charge in [-0.15, -0.1) is 11.3 Å². The van der Waals surface area contributed by atoms with Crippen molar-refractivity contribution < 1.29 is 4.79 Å². The SMILES string of the molecule is CN(C)C/C=C/C(=O)N1CCc2sccc2C1c1ccc(Cl)cc1. The van der Waals surface area contributed by atoms with Crippen molar-refractivity contribution in [1.82, 2.24) is 9.80 Å². The van der Waals surface area contributed by atoms with Gasteiger partial charge in [0.2, 0.25) is 5.91 Å². The van der Waals surface area contributed by atoms with Crippen LogP contribution in [0.25, 0.3) is 0 Å². The Hall–Kier alpha value is -1.62. The van der Waals surface area contributed by atoms with Crippen LogP contribution in [0.2, 0.25) is 5.02 Å². The molecule has 3 nitrogen and oxygen atoms in total. The predicted molar refractivity (Wildman–Crippen MR) is 101 cm³/mol. The van der Waals surface area contributed by atoms with E-state index in [2.05, 4.69) is 11.4 Å². The molecule has 1 aliphatic rings. The quantitative estimate of drug-likeness (QED) is 0.769. The maximum Gasteiger partial charge on any atom is 0.247 e. The van der Waals surface area contributed by atoms with Crippen LogP contribution in [-0.2, 0) is 11.2 Å². The number of thiophene rings is 1. The topological polar surface area (TPSA) is 23.6 Å². The summed E-state index contributed by atoms with van der Waals surface area (Å²) in [6.07, 6.45) is 4.54. The molecule has 0 saturated heterocycles. The van der Waals surface area contributed by atoms with E-state index in [0.717, 1.165) is 25.1 Å². The first-order valence-electron chi connectivity index (χ1n) is 8.00. The Bertz CT molecular complexity index is 736. The maximum atomic E-state index is 12.8. The van der Waals surface area contributed by atoms with Crippen molar-refractivity contribution in [1.29, 1.82) is 0 Å². The summed E-state index contributed by atoms with van der Waals surface area (Å²) < 4.78 is 0. The highest BCUT2D eigenvalue weighted by molar-refractivity contribution is 7.10. The average molecular weight is 361 g/mol. The molecule has 1 aliphatic heterocycles. The van der Waals surface area contributed by atoms with E-state index >= 15 is 0 Å². The first-order chi connectivity index (χ1) is 11.6. The predicted octanol–water partition coefficient (Wildman–Crippen LogP) is 3.99. The Kier molecular flexibility index (Phi) is 5.39. The second-order valence-corrected chi connectivity index (χ2v) is 7.64. The number of carbonyl (C=O) groups is 1. The molecule has 0 saturated carbocycles. The Balaban J connectivity index is 1.91. The Morgan fingerprint density at radius 3 is 2.79 bits per heavy atom. The van der Waals surface area contributed by atoms with Crippen molar-refractivity contribution in [3.8, 4) is 0 Å². The van der Waals surface area contributed by atoms with Gasteiger partial charge in [0.15, 0.2) is 0 Å². The Labute approximate surface area is 152 Å². The molecular weight excluding hydrogens is 340 g/mol. The first-order valence-corrected chi connectivity index (χ1v) is 9.25. The number of hydrogen-bond acceptors (Lipinski definition) is 3. The third-order valence-electron chi connectivity index (χ3n) is 4.17. The van der Waals surface area contributed by atoms with Crippen LogP contribution < -0.4 is 0 Å². The highest BCUT2D eigenvalue weighted by atomic mass is 35.5. The third kappa shape index (κ3) is 3.72. The van der Waals surface area contributed by atoms with E-state index < -0.39 is 0 Å². The van der Waals surface area contributed by atoms with Gasteiger partial charge in [0, 0.05) is 29.1 Å².